The number of rotatable bonds is 3. The molecule has 0 bridgehead atoms. The number of hydrogen-bond donors (Lipinski definition) is 5. The third-order valence-corrected chi connectivity index (χ3v) is 5.03. The Balaban J connectivity index is 1.51. The SMILES string of the molecule is O=C1c2ccc(O[C@@H]3O[C@H](O)[C@@H](O)[C@H](O)[C@H]3O)cc2OCC1c1ccc(O)cc1. The van der Waals surface area contributed by atoms with Gasteiger partial charge >= 0.3 is 0 Å². The van der Waals surface area contributed by atoms with E-state index in [9.17, 15) is 30.3 Å². The van der Waals surface area contributed by atoms with Crippen molar-refractivity contribution in [2.24, 2.45) is 0 Å². The maximum Gasteiger partial charge on any atom is 0.231 e. The zero-order chi connectivity index (χ0) is 20.7. The Labute approximate surface area is 165 Å². The van der Waals surface area contributed by atoms with Gasteiger partial charge in [-0.15, -0.1) is 0 Å². The number of Topliss-reactive ketones (excluding diaryl/α,β-unsaturated/α-hetero) is 1. The van der Waals surface area contributed by atoms with Gasteiger partial charge in [-0.2, -0.15) is 0 Å². The lowest BCUT2D eigenvalue weighted by atomic mass is 9.89. The summed E-state index contributed by atoms with van der Waals surface area (Å²) in [4.78, 5) is 12.8. The summed E-state index contributed by atoms with van der Waals surface area (Å²) < 4.78 is 16.1. The van der Waals surface area contributed by atoms with E-state index in [1.165, 1.54) is 30.3 Å². The third-order valence-electron chi connectivity index (χ3n) is 5.03. The fourth-order valence-electron chi connectivity index (χ4n) is 3.35. The molecule has 2 aliphatic heterocycles. The van der Waals surface area contributed by atoms with E-state index >= 15 is 0 Å². The van der Waals surface area contributed by atoms with Gasteiger partial charge in [-0.25, -0.2) is 0 Å². The highest BCUT2D eigenvalue weighted by atomic mass is 16.7. The van der Waals surface area contributed by atoms with Gasteiger partial charge in [0.05, 0.1) is 11.5 Å². The van der Waals surface area contributed by atoms with Crippen LogP contribution >= 0.6 is 0 Å². The van der Waals surface area contributed by atoms with Crippen LogP contribution < -0.4 is 9.47 Å². The largest absolute Gasteiger partial charge is 0.508 e. The summed E-state index contributed by atoms with van der Waals surface area (Å²) in [5, 5.41) is 48.2. The summed E-state index contributed by atoms with van der Waals surface area (Å²) in [5.41, 5.74) is 1.07. The Kier molecular flexibility index (Phi) is 5.15. The molecule has 2 heterocycles. The van der Waals surface area contributed by atoms with E-state index in [4.69, 9.17) is 14.2 Å². The number of ketones is 1. The van der Waals surface area contributed by atoms with Crippen molar-refractivity contribution in [3.8, 4) is 17.2 Å². The Hall–Kier alpha value is -2.69. The molecular formula is C20H20O9. The molecule has 9 heteroatoms. The van der Waals surface area contributed by atoms with Crippen LogP contribution in [0.4, 0.5) is 0 Å². The van der Waals surface area contributed by atoms with E-state index in [1.807, 2.05) is 0 Å². The molecule has 1 saturated heterocycles. The van der Waals surface area contributed by atoms with Crippen molar-refractivity contribution >= 4 is 5.78 Å². The molecule has 0 saturated carbocycles. The highest BCUT2D eigenvalue weighted by Gasteiger charge is 2.44. The molecule has 9 nitrogen and oxygen atoms in total. The van der Waals surface area contributed by atoms with Crippen LogP contribution in [0.25, 0.3) is 0 Å². The van der Waals surface area contributed by atoms with Crippen LogP contribution in [0.2, 0.25) is 0 Å². The average molecular weight is 404 g/mol. The first-order valence-corrected chi connectivity index (χ1v) is 8.99. The van der Waals surface area contributed by atoms with Gasteiger partial charge in [0.25, 0.3) is 0 Å². The quantitative estimate of drug-likeness (QED) is 0.473. The molecule has 0 aliphatic carbocycles. The van der Waals surface area contributed by atoms with Crippen molar-refractivity contribution < 1.29 is 44.5 Å². The van der Waals surface area contributed by atoms with Gasteiger partial charge in [0, 0.05) is 6.07 Å². The molecule has 1 fully saturated rings. The van der Waals surface area contributed by atoms with Crippen molar-refractivity contribution in [1.29, 1.82) is 0 Å². The van der Waals surface area contributed by atoms with Crippen molar-refractivity contribution in [3.63, 3.8) is 0 Å². The minimum absolute atomic E-state index is 0.103. The molecule has 0 spiro atoms. The van der Waals surface area contributed by atoms with E-state index in [0.29, 0.717) is 5.56 Å². The molecule has 154 valence electrons. The monoisotopic (exact) mass is 404 g/mol. The van der Waals surface area contributed by atoms with Crippen molar-refractivity contribution in [2.45, 2.75) is 36.8 Å². The minimum atomic E-state index is -1.72. The lowest BCUT2D eigenvalue weighted by Crippen LogP contribution is -2.59. The van der Waals surface area contributed by atoms with E-state index in [2.05, 4.69) is 0 Å². The number of aliphatic hydroxyl groups is 4. The first-order chi connectivity index (χ1) is 13.8. The summed E-state index contributed by atoms with van der Waals surface area (Å²) in [5.74, 6) is -0.0833. The molecule has 29 heavy (non-hydrogen) atoms. The Morgan fingerprint density at radius 2 is 1.66 bits per heavy atom. The Morgan fingerprint density at radius 1 is 0.931 bits per heavy atom. The van der Waals surface area contributed by atoms with Gasteiger partial charge in [0.2, 0.25) is 6.29 Å². The van der Waals surface area contributed by atoms with Crippen LogP contribution in [0, 0.1) is 0 Å². The number of carbonyl (C=O) groups excluding carboxylic acids is 1. The van der Waals surface area contributed by atoms with Crippen LogP contribution in [-0.4, -0.2) is 68.8 Å². The molecule has 0 radical (unpaired) electrons. The minimum Gasteiger partial charge on any atom is -0.508 e. The second kappa shape index (κ2) is 7.62. The standard InChI is InChI=1S/C20H20O9/c21-10-3-1-9(2-4-10)13-8-27-14-7-11(5-6-12(14)15(13)22)28-20-18(25)16(23)17(24)19(26)29-20/h1-7,13,16-21,23-26H,8H2/t13?,16-,17-,18+,19-,20+/m0/s1. The lowest BCUT2D eigenvalue weighted by Gasteiger charge is -2.38. The summed E-state index contributed by atoms with van der Waals surface area (Å²) in [6.07, 6.45) is -8.05. The molecule has 2 aromatic carbocycles. The van der Waals surface area contributed by atoms with Gasteiger partial charge in [0.1, 0.15) is 42.2 Å². The number of benzene rings is 2. The normalized spacial score (nSPS) is 31.7. The predicted octanol–water partition coefficient (Wildman–Crippen LogP) is -0.113. The van der Waals surface area contributed by atoms with Gasteiger partial charge in [-0.05, 0) is 29.8 Å². The number of fused-ring (bicyclic) bond motifs is 1. The molecule has 6 atom stereocenters. The zero-order valence-corrected chi connectivity index (χ0v) is 15.1. The molecule has 0 amide bonds. The Morgan fingerprint density at radius 3 is 2.38 bits per heavy atom. The number of carbonyl (C=O) groups is 1. The summed E-state index contributed by atoms with van der Waals surface area (Å²) in [6, 6.07) is 10.8. The van der Waals surface area contributed by atoms with Crippen LogP contribution in [-0.2, 0) is 4.74 Å². The lowest BCUT2D eigenvalue weighted by molar-refractivity contribution is -0.321. The van der Waals surface area contributed by atoms with Crippen molar-refractivity contribution in [2.75, 3.05) is 6.61 Å². The van der Waals surface area contributed by atoms with E-state index in [0.717, 1.165) is 5.56 Å². The van der Waals surface area contributed by atoms with Gasteiger partial charge in [-0.3, -0.25) is 4.79 Å². The number of aromatic hydroxyl groups is 1. The van der Waals surface area contributed by atoms with Gasteiger partial charge < -0.3 is 39.7 Å². The molecule has 2 aliphatic rings. The first kappa shape index (κ1) is 19.6. The highest BCUT2D eigenvalue weighted by molar-refractivity contribution is 6.04. The topological polar surface area (TPSA) is 146 Å². The highest BCUT2D eigenvalue weighted by Crippen LogP contribution is 2.36. The molecule has 1 unspecified atom stereocenters. The smallest absolute Gasteiger partial charge is 0.231 e. The van der Waals surface area contributed by atoms with Crippen molar-refractivity contribution in [1.82, 2.24) is 0 Å². The zero-order valence-electron chi connectivity index (χ0n) is 15.1. The number of phenolic OH excluding ortho intramolecular Hbond substituents is 1. The average Bonchev–Trinajstić information content (AvgIpc) is 2.71. The maximum atomic E-state index is 12.8. The predicted molar refractivity (Wildman–Crippen MR) is 96.6 cm³/mol. The second-order valence-corrected chi connectivity index (χ2v) is 6.96. The van der Waals surface area contributed by atoms with Crippen LogP contribution in [0.15, 0.2) is 42.5 Å². The number of phenols is 1. The second-order valence-electron chi connectivity index (χ2n) is 6.96. The summed E-state index contributed by atoms with van der Waals surface area (Å²) >= 11 is 0. The van der Waals surface area contributed by atoms with Crippen LogP contribution in [0.3, 0.4) is 0 Å². The molecule has 2 aromatic rings. The number of aliphatic hydroxyl groups excluding tert-OH is 4. The molecule has 4 rings (SSSR count). The van der Waals surface area contributed by atoms with Gasteiger partial charge in [0.15, 0.2) is 12.1 Å². The molecule has 0 aromatic heterocycles. The Bertz CT molecular complexity index is 897. The molecule has 5 N–H and O–H groups in total. The van der Waals surface area contributed by atoms with E-state index < -0.39 is 36.8 Å². The third kappa shape index (κ3) is 3.66. The van der Waals surface area contributed by atoms with E-state index in [1.54, 1.807) is 12.1 Å². The van der Waals surface area contributed by atoms with Crippen LogP contribution in [0.1, 0.15) is 21.8 Å². The first-order valence-electron chi connectivity index (χ1n) is 8.99. The summed E-state index contributed by atoms with van der Waals surface area (Å²) in [6.45, 7) is 0.103. The number of hydrogen-bond acceptors (Lipinski definition) is 9. The fraction of sp³-hybridized carbons (Fsp3) is 0.350. The number of ether oxygens (including phenoxy) is 3. The summed E-state index contributed by atoms with van der Waals surface area (Å²) in [7, 11) is 0. The van der Waals surface area contributed by atoms with Crippen LogP contribution in [0.5, 0.6) is 17.2 Å². The van der Waals surface area contributed by atoms with E-state index in [-0.39, 0.29) is 29.6 Å². The fourth-order valence-corrected chi connectivity index (χ4v) is 3.35. The van der Waals surface area contributed by atoms with Crippen molar-refractivity contribution in [3.05, 3.63) is 53.6 Å². The molecular weight excluding hydrogens is 384 g/mol. The van der Waals surface area contributed by atoms with Gasteiger partial charge in [-0.1, -0.05) is 12.1 Å². The maximum absolute atomic E-state index is 12.8.